The molecule has 162 valence electrons. The van der Waals surface area contributed by atoms with Gasteiger partial charge in [0.25, 0.3) is 5.91 Å². The zero-order valence-corrected chi connectivity index (χ0v) is 18.4. The average molecular weight is 422 g/mol. The Labute approximate surface area is 181 Å². The van der Waals surface area contributed by atoms with E-state index in [1.165, 1.54) is 11.1 Å². The van der Waals surface area contributed by atoms with Crippen molar-refractivity contribution in [2.24, 2.45) is 0 Å². The van der Waals surface area contributed by atoms with Crippen LogP contribution in [0.2, 0.25) is 0 Å². The third-order valence-electron chi connectivity index (χ3n) is 4.50. The van der Waals surface area contributed by atoms with Crippen LogP contribution < -0.4 is 5.32 Å². The number of hydrogen-bond acceptors (Lipinski definition) is 5. The Morgan fingerprint density at radius 2 is 1.84 bits per heavy atom. The van der Waals surface area contributed by atoms with E-state index in [-0.39, 0.29) is 12.5 Å². The Morgan fingerprint density at radius 3 is 2.52 bits per heavy atom. The van der Waals surface area contributed by atoms with Gasteiger partial charge in [0.05, 0.1) is 24.0 Å². The van der Waals surface area contributed by atoms with E-state index < -0.39 is 11.7 Å². The van der Waals surface area contributed by atoms with Gasteiger partial charge in [-0.1, -0.05) is 24.3 Å². The Kier molecular flexibility index (Phi) is 6.39. The van der Waals surface area contributed by atoms with Crippen LogP contribution in [0.3, 0.4) is 0 Å². The summed E-state index contributed by atoms with van der Waals surface area (Å²) in [6, 6.07) is 12.9. The topological polar surface area (TPSA) is 89.4 Å². The smallest absolute Gasteiger partial charge is 0.410 e. The van der Waals surface area contributed by atoms with Crippen LogP contribution in [0.1, 0.15) is 42.4 Å². The van der Waals surface area contributed by atoms with Gasteiger partial charge in [0.15, 0.2) is 5.82 Å². The summed E-state index contributed by atoms with van der Waals surface area (Å²) in [5.41, 5.74) is 1.96. The zero-order valence-electron chi connectivity index (χ0n) is 18.4. The number of aromatic nitrogens is 3. The summed E-state index contributed by atoms with van der Waals surface area (Å²) < 4.78 is 7.03. The van der Waals surface area contributed by atoms with Gasteiger partial charge in [-0.15, -0.1) is 0 Å². The number of pyridine rings is 1. The predicted molar refractivity (Wildman–Crippen MR) is 118 cm³/mol. The number of carbonyl (C=O) groups excluding carboxylic acids is 2. The minimum Gasteiger partial charge on any atom is -0.444 e. The summed E-state index contributed by atoms with van der Waals surface area (Å²) in [6.45, 7) is 7.57. The van der Waals surface area contributed by atoms with Crippen LogP contribution in [0.15, 0.2) is 54.9 Å². The molecule has 1 aromatic carbocycles. The molecule has 0 aliphatic carbocycles. The summed E-state index contributed by atoms with van der Waals surface area (Å²) in [5.74, 6) is 0.352. The van der Waals surface area contributed by atoms with E-state index in [0.29, 0.717) is 22.8 Å². The Bertz CT molecular complexity index is 1070. The number of rotatable bonds is 5. The number of para-hydroxylation sites is 1. The predicted octanol–water partition coefficient (Wildman–Crippen LogP) is 4.19. The molecule has 8 heteroatoms. The molecule has 1 N–H and O–H groups in total. The van der Waals surface area contributed by atoms with Crippen LogP contribution in [0.4, 0.5) is 10.5 Å². The SMILES string of the molecule is Cc1c(C(=O)Nc2ccccc2CN(C)C(=O)OC(C)(C)C)cnn1-c1ccccn1. The fourth-order valence-corrected chi connectivity index (χ4v) is 2.97. The second-order valence-corrected chi connectivity index (χ2v) is 8.19. The molecular weight excluding hydrogens is 394 g/mol. The Morgan fingerprint density at radius 1 is 1.13 bits per heavy atom. The maximum Gasteiger partial charge on any atom is 0.410 e. The normalized spacial score (nSPS) is 11.1. The molecule has 0 unspecified atom stereocenters. The van der Waals surface area contributed by atoms with Crippen molar-refractivity contribution in [3.05, 3.63) is 71.7 Å². The second-order valence-electron chi connectivity index (χ2n) is 8.19. The van der Waals surface area contributed by atoms with Crippen molar-refractivity contribution >= 4 is 17.7 Å². The van der Waals surface area contributed by atoms with E-state index in [1.54, 1.807) is 24.0 Å². The van der Waals surface area contributed by atoms with Gasteiger partial charge in [-0.25, -0.2) is 14.5 Å². The fourth-order valence-electron chi connectivity index (χ4n) is 2.97. The lowest BCUT2D eigenvalue weighted by atomic mass is 10.1. The molecule has 3 rings (SSSR count). The second kappa shape index (κ2) is 8.99. The van der Waals surface area contributed by atoms with Crippen molar-refractivity contribution in [1.29, 1.82) is 0 Å². The van der Waals surface area contributed by atoms with Crippen LogP contribution in [0.5, 0.6) is 0 Å². The molecule has 0 atom stereocenters. The van der Waals surface area contributed by atoms with Gasteiger partial charge >= 0.3 is 6.09 Å². The van der Waals surface area contributed by atoms with Crippen molar-refractivity contribution in [3.63, 3.8) is 0 Å². The minimum absolute atomic E-state index is 0.285. The number of ether oxygens (including phenoxy) is 1. The van der Waals surface area contributed by atoms with E-state index in [9.17, 15) is 9.59 Å². The first-order valence-electron chi connectivity index (χ1n) is 9.95. The maximum absolute atomic E-state index is 12.9. The molecule has 31 heavy (non-hydrogen) atoms. The van der Waals surface area contributed by atoms with Crippen molar-refractivity contribution in [3.8, 4) is 5.82 Å². The molecule has 0 bridgehead atoms. The molecule has 0 radical (unpaired) electrons. The lowest BCUT2D eigenvalue weighted by Gasteiger charge is -2.25. The van der Waals surface area contributed by atoms with Crippen molar-refractivity contribution in [1.82, 2.24) is 19.7 Å². The molecule has 3 aromatic rings. The first-order chi connectivity index (χ1) is 14.7. The summed E-state index contributed by atoms with van der Waals surface area (Å²) in [7, 11) is 1.66. The van der Waals surface area contributed by atoms with E-state index >= 15 is 0 Å². The number of amides is 2. The van der Waals surface area contributed by atoms with Gasteiger partial charge in [-0.05, 0) is 51.5 Å². The van der Waals surface area contributed by atoms with E-state index in [1.807, 2.05) is 64.1 Å². The Hall–Kier alpha value is -3.68. The van der Waals surface area contributed by atoms with Gasteiger partial charge in [-0.3, -0.25) is 4.79 Å². The van der Waals surface area contributed by atoms with Gasteiger partial charge in [0, 0.05) is 18.9 Å². The van der Waals surface area contributed by atoms with Crippen LogP contribution in [0, 0.1) is 6.92 Å². The molecule has 0 fully saturated rings. The summed E-state index contributed by atoms with van der Waals surface area (Å²) in [6.07, 6.45) is 2.77. The summed E-state index contributed by atoms with van der Waals surface area (Å²) >= 11 is 0. The third kappa shape index (κ3) is 5.48. The number of nitrogens with one attached hydrogen (secondary N) is 1. The molecule has 2 aromatic heterocycles. The maximum atomic E-state index is 12.9. The number of nitrogens with zero attached hydrogens (tertiary/aromatic N) is 4. The molecule has 0 aliphatic heterocycles. The molecular formula is C23H27N5O3. The van der Waals surface area contributed by atoms with E-state index in [0.717, 1.165) is 5.56 Å². The minimum atomic E-state index is -0.579. The number of anilines is 1. The Balaban J connectivity index is 1.76. The van der Waals surface area contributed by atoms with Gasteiger partial charge in [0.1, 0.15) is 5.60 Å². The average Bonchev–Trinajstić information content (AvgIpc) is 3.10. The summed E-state index contributed by atoms with van der Waals surface area (Å²) in [5, 5.41) is 7.23. The van der Waals surface area contributed by atoms with Crippen LogP contribution in [0.25, 0.3) is 5.82 Å². The van der Waals surface area contributed by atoms with E-state index in [4.69, 9.17) is 4.74 Å². The number of hydrogen-bond donors (Lipinski definition) is 1. The van der Waals surface area contributed by atoms with Crippen LogP contribution in [-0.4, -0.2) is 44.3 Å². The van der Waals surface area contributed by atoms with Crippen molar-refractivity contribution in [2.75, 3.05) is 12.4 Å². The monoisotopic (exact) mass is 421 g/mol. The molecule has 0 aliphatic rings. The van der Waals surface area contributed by atoms with Crippen molar-refractivity contribution in [2.45, 2.75) is 39.8 Å². The standard InChI is InChI=1S/C23H27N5O3/c1-16-18(14-25-28(16)20-12-8-9-13-24-20)21(29)26-19-11-7-6-10-17(19)15-27(5)22(30)31-23(2,3)4/h6-14H,15H2,1-5H3,(H,26,29). The molecule has 0 saturated carbocycles. The first kappa shape index (κ1) is 22.0. The highest BCUT2D eigenvalue weighted by molar-refractivity contribution is 6.05. The highest BCUT2D eigenvalue weighted by atomic mass is 16.6. The fraction of sp³-hybridized carbons (Fsp3) is 0.304. The van der Waals surface area contributed by atoms with Gasteiger partial charge < -0.3 is 15.0 Å². The molecule has 0 spiro atoms. The quantitative estimate of drug-likeness (QED) is 0.667. The lowest BCUT2D eigenvalue weighted by Crippen LogP contribution is -2.34. The number of benzene rings is 1. The zero-order chi connectivity index (χ0) is 22.6. The first-order valence-corrected chi connectivity index (χ1v) is 9.95. The van der Waals surface area contributed by atoms with Gasteiger partial charge in [-0.2, -0.15) is 5.10 Å². The number of carbonyl (C=O) groups is 2. The molecule has 2 amide bonds. The highest BCUT2D eigenvalue weighted by Crippen LogP contribution is 2.20. The lowest BCUT2D eigenvalue weighted by molar-refractivity contribution is 0.0285. The highest BCUT2D eigenvalue weighted by Gasteiger charge is 2.21. The molecule has 2 heterocycles. The van der Waals surface area contributed by atoms with Crippen molar-refractivity contribution < 1.29 is 14.3 Å². The van der Waals surface area contributed by atoms with E-state index in [2.05, 4.69) is 15.4 Å². The van der Waals surface area contributed by atoms with Gasteiger partial charge in [0.2, 0.25) is 0 Å². The molecule has 0 saturated heterocycles. The van der Waals surface area contributed by atoms with Crippen LogP contribution in [-0.2, 0) is 11.3 Å². The summed E-state index contributed by atoms with van der Waals surface area (Å²) in [4.78, 5) is 31.0. The third-order valence-corrected chi connectivity index (χ3v) is 4.50. The van der Waals surface area contributed by atoms with Crippen LogP contribution >= 0.6 is 0 Å². The molecule has 8 nitrogen and oxygen atoms in total. The largest absolute Gasteiger partial charge is 0.444 e.